The molecule has 0 radical (unpaired) electrons. The van der Waals surface area contributed by atoms with Crippen LogP contribution in [0.25, 0.3) is 11.2 Å². The van der Waals surface area contributed by atoms with Gasteiger partial charge < -0.3 is 5.32 Å². The van der Waals surface area contributed by atoms with Crippen LogP contribution < -0.4 is 5.32 Å². The molecule has 170 valence electrons. The summed E-state index contributed by atoms with van der Waals surface area (Å²) >= 11 is 1.26. The summed E-state index contributed by atoms with van der Waals surface area (Å²) in [4.78, 5) is 21.7. The minimum atomic E-state index is -4.40. The number of imidazole rings is 1. The molecule has 4 rings (SSSR count). The Morgan fingerprint density at radius 2 is 1.91 bits per heavy atom. The van der Waals surface area contributed by atoms with Crippen molar-refractivity contribution < 1.29 is 18.0 Å². The zero-order valence-electron chi connectivity index (χ0n) is 18.0. The van der Waals surface area contributed by atoms with Gasteiger partial charge in [-0.25, -0.2) is 9.97 Å². The van der Waals surface area contributed by atoms with Gasteiger partial charge in [-0.1, -0.05) is 47.7 Å². The number of fused-ring (bicyclic) bond motifs is 1. The first-order valence-electron chi connectivity index (χ1n) is 10.2. The molecular formula is C24H21F3N4OS. The molecule has 0 saturated heterocycles. The molecule has 0 spiro atoms. The quantitative estimate of drug-likeness (QED) is 0.351. The third-order valence-electron chi connectivity index (χ3n) is 5.05. The molecule has 5 nitrogen and oxygen atoms in total. The number of carbonyl (C=O) groups is 1. The second-order valence-electron chi connectivity index (χ2n) is 7.68. The number of hydrogen-bond acceptors (Lipinski definition) is 4. The summed E-state index contributed by atoms with van der Waals surface area (Å²) in [5.41, 5.74) is 3.76. The lowest BCUT2D eigenvalue weighted by molar-refractivity contribution is -0.137. The van der Waals surface area contributed by atoms with Crippen LogP contribution in [0.4, 0.5) is 18.9 Å². The highest BCUT2D eigenvalue weighted by atomic mass is 32.2. The summed E-state index contributed by atoms with van der Waals surface area (Å²) < 4.78 is 40.8. The van der Waals surface area contributed by atoms with Crippen LogP contribution in [0.3, 0.4) is 0 Å². The van der Waals surface area contributed by atoms with E-state index in [0.717, 1.165) is 28.9 Å². The van der Waals surface area contributed by atoms with Gasteiger partial charge in [0.05, 0.1) is 5.56 Å². The molecule has 2 heterocycles. The number of halogens is 3. The fraction of sp³-hybridized carbons (Fsp3) is 0.208. The molecule has 0 aliphatic carbocycles. The predicted molar refractivity (Wildman–Crippen MR) is 123 cm³/mol. The molecule has 4 aromatic rings. The van der Waals surface area contributed by atoms with Crippen LogP contribution in [-0.4, -0.2) is 20.4 Å². The SMILES string of the molecule is Cc1ccc(NC(=O)Cn2c(SCc3cccc(C(F)(F)F)c3)nc3cccnc32)c(C)c1. The Morgan fingerprint density at radius 1 is 1.09 bits per heavy atom. The van der Waals surface area contributed by atoms with Crippen molar-refractivity contribution in [2.75, 3.05) is 5.32 Å². The number of anilines is 1. The van der Waals surface area contributed by atoms with E-state index in [9.17, 15) is 18.0 Å². The number of amides is 1. The number of pyridine rings is 1. The van der Waals surface area contributed by atoms with E-state index in [1.165, 1.54) is 17.8 Å². The molecule has 0 atom stereocenters. The average molecular weight is 471 g/mol. The van der Waals surface area contributed by atoms with Gasteiger partial charge in [-0.2, -0.15) is 13.2 Å². The number of aryl methyl sites for hydroxylation is 2. The van der Waals surface area contributed by atoms with Crippen LogP contribution in [-0.2, 0) is 23.3 Å². The summed E-state index contributed by atoms with van der Waals surface area (Å²) in [6.45, 7) is 3.88. The highest BCUT2D eigenvalue weighted by Gasteiger charge is 2.30. The van der Waals surface area contributed by atoms with Gasteiger partial charge in [0.2, 0.25) is 5.91 Å². The summed E-state index contributed by atoms with van der Waals surface area (Å²) in [6.07, 6.45) is -2.78. The van der Waals surface area contributed by atoms with E-state index in [-0.39, 0.29) is 18.2 Å². The van der Waals surface area contributed by atoms with Crippen molar-refractivity contribution >= 4 is 34.5 Å². The van der Waals surface area contributed by atoms with Crippen molar-refractivity contribution in [1.29, 1.82) is 0 Å². The van der Waals surface area contributed by atoms with Crippen molar-refractivity contribution in [2.24, 2.45) is 0 Å². The largest absolute Gasteiger partial charge is 0.416 e. The Morgan fingerprint density at radius 3 is 2.67 bits per heavy atom. The van der Waals surface area contributed by atoms with E-state index in [1.54, 1.807) is 29.0 Å². The summed E-state index contributed by atoms with van der Waals surface area (Å²) in [5, 5.41) is 3.43. The average Bonchev–Trinajstić information content (AvgIpc) is 3.11. The third-order valence-corrected chi connectivity index (χ3v) is 6.10. The van der Waals surface area contributed by atoms with Gasteiger partial charge in [0.15, 0.2) is 10.8 Å². The van der Waals surface area contributed by atoms with Gasteiger partial charge in [-0.15, -0.1) is 0 Å². The number of thioether (sulfide) groups is 1. The second-order valence-corrected chi connectivity index (χ2v) is 8.62. The molecule has 0 unspecified atom stereocenters. The van der Waals surface area contributed by atoms with Gasteiger partial charge in [0.25, 0.3) is 0 Å². The molecule has 33 heavy (non-hydrogen) atoms. The number of rotatable bonds is 6. The topological polar surface area (TPSA) is 59.8 Å². The standard InChI is InChI=1S/C24H21F3N4OS/c1-15-8-9-19(16(2)11-15)29-21(32)13-31-22-20(7-4-10-28-22)30-23(31)33-14-17-5-3-6-18(12-17)24(25,26)27/h3-12H,13-14H2,1-2H3,(H,29,32). The van der Waals surface area contributed by atoms with Gasteiger partial charge in [0.1, 0.15) is 12.1 Å². The highest BCUT2D eigenvalue weighted by Crippen LogP contribution is 2.32. The Kier molecular flexibility index (Phi) is 6.42. The maximum atomic E-state index is 13.0. The molecule has 0 bridgehead atoms. The molecule has 0 saturated carbocycles. The lowest BCUT2D eigenvalue weighted by Crippen LogP contribution is -2.20. The first-order chi connectivity index (χ1) is 15.7. The Labute approximate surface area is 193 Å². The number of hydrogen-bond donors (Lipinski definition) is 1. The van der Waals surface area contributed by atoms with Crippen LogP contribution in [0.1, 0.15) is 22.3 Å². The number of alkyl halides is 3. The normalized spacial score (nSPS) is 11.7. The lowest BCUT2D eigenvalue weighted by Gasteiger charge is -2.12. The van der Waals surface area contributed by atoms with Crippen molar-refractivity contribution in [2.45, 2.75) is 37.5 Å². The minimum absolute atomic E-state index is 0.0221. The van der Waals surface area contributed by atoms with Crippen LogP contribution in [0.2, 0.25) is 0 Å². The maximum absolute atomic E-state index is 13.0. The van der Waals surface area contributed by atoms with E-state index in [1.807, 2.05) is 32.0 Å². The van der Waals surface area contributed by atoms with E-state index in [2.05, 4.69) is 15.3 Å². The number of benzene rings is 2. The Hall–Kier alpha value is -3.33. The van der Waals surface area contributed by atoms with Crippen molar-refractivity contribution in [3.05, 3.63) is 83.0 Å². The molecule has 1 amide bonds. The van der Waals surface area contributed by atoms with Gasteiger partial charge in [-0.05, 0) is 49.2 Å². The maximum Gasteiger partial charge on any atom is 0.416 e. The zero-order chi connectivity index (χ0) is 23.6. The van der Waals surface area contributed by atoms with Crippen LogP contribution >= 0.6 is 11.8 Å². The molecule has 0 aliphatic heterocycles. The minimum Gasteiger partial charge on any atom is -0.324 e. The lowest BCUT2D eigenvalue weighted by atomic mass is 10.1. The summed E-state index contributed by atoms with van der Waals surface area (Å²) in [7, 11) is 0. The number of carbonyl (C=O) groups excluding carboxylic acids is 1. The zero-order valence-corrected chi connectivity index (χ0v) is 18.8. The summed E-state index contributed by atoms with van der Waals surface area (Å²) in [5.74, 6) is 0.0270. The molecule has 1 N–H and O–H groups in total. The molecule has 0 fully saturated rings. The molecule has 0 aliphatic rings. The van der Waals surface area contributed by atoms with E-state index < -0.39 is 11.7 Å². The first-order valence-corrected chi connectivity index (χ1v) is 11.2. The Bertz CT molecular complexity index is 1320. The van der Waals surface area contributed by atoms with E-state index in [0.29, 0.717) is 21.9 Å². The predicted octanol–water partition coefficient (Wildman–Crippen LogP) is 6.00. The highest BCUT2D eigenvalue weighted by molar-refractivity contribution is 7.98. The van der Waals surface area contributed by atoms with E-state index >= 15 is 0 Å². The molecule has 2 aromatic heterocycles. The van der Waals surface area contributed by atoms with E-state index in [4.69, 9.17) is 0 Å². The smallest absolute Gasteiger partial charge is 0.324 e. The first kappa shape index (κ1) is 22.8. The number of aromatic nitrogens is 3. The van der Waals surface area contributed by atoms with Crippen LogP contribution in [0.15, 0.2) is 66.0 Å². The molecule has 2 aromatic carbocycles. The molecule has 9 heteroatoms. The fourth-order valence-corrected chi connectivity index (χ4v) is 4.41. The third kappa shape index (κ3) is 5.36. The number of nitrogens with zero attached hydrogens (tertiary/aromatic N) is 3. The van der Waals surface area contributed by atoms with Gasteiger partial charge in [0, 0.05) is 17.6 Å². The van der Waals surface area contributed by atoms with Crippen molar-refractivity contribution in [1.82, 2.24) is 14.5 Å². The van der Waals surface area contributed by atoms with Crippen LogP contribution in [0.5, 0.6) is 0 Å². The molecular weight excluding hydrogens is 449 g/mol. The van der Waals surface area contributed by atoms with Gasteiger partial charge in [-0.3, -0.25) is 9.36 Å². The van der Waals surface area contributed by atoms with Crippen LogP contribution in [0, 0.1) is 13.8 Å². The summed E-state index contributed by atoms with van der Waals surface area (Å²) in [6, 6.07) is 14.5. The monoisotopic (exact) mass is 470 g/mol. The second kappa shape index (κ2) is 9.27. The number of nitrogens with one attached hydrogen (secondary N) is 1. The van der Waals surface area contributed by atoms with Crippen molar-refractivity contribution in [3.8, 4) is 0 Å². The van der Waals surface area contributed by atoms with Gasteiger partial charge >= 0.3 is 6.18 Å². The van der Waals surface area contributed by atoms with Crippen molar-refractivity contribution in [3.63, 3.8) is 0 Å². The fourth-order valence-electron chi connectivity index (χ4n) is 3.46. The Balaban J connectivity index is 1.56.